The van der Waals surface area contributed by atoms with Crippen molar-refractivity contribution in [2.45, 2.75) is 6.92 Å². The van der Waals surface area contributed by atoms with Gasteiger partial charge >= 0.3 is 0 Å². The van der Waals surface area contributed by atoms with Gasteiger partial charge < -0.3 is 10.6 Å². The molecule has 0 spiro atoms. The summed E-state index contributed by atoms with van der Waals surface area (Å²) in [4.78, 5) is 16.1. The summed E-state index contributed by atoms with van der Waals surface area (Å²) in [6.45, 7) is 1.84. The van der Waals surface area contributed by atoms with E-state index in [1.54, 1.807) is 31.6 Å². The van der Waals surface area contributed by atoms with Crippen LogP contribution in [0.25, 0.3) is 0 Å². The summed E-state index contributed by atoms with van der Waals surface area (Å²) in [5.74, 6) is 0.482. The molecule has 0 aliphatic rings. The third-order valence-electron chi connectivity index (χ3n) is 2.23. The minimum absolute atomic E-state index is 0.187. The molecule has 88 valence electrons. The van der Waals surface area contributed by atoms with Gasteiger partial charge in [0.1, 0.15) is 5.82 Å². The van der Waals surface area contributed by atoms with Crippen LogP contribution in [0.4, 0.5) is 11.5 Å². The molecule has 0 radical (unpaired) electrons. The Hall–Kier alpha value is -2.37. The highest BCUT2D eigenvalue weighted by molar-refractivity contribution is 6.04. The number of carbonyl (C=O) groups is 1. The van der Waals surface area contributed by atoms with Crippen LogP contribution in [0.1, 0.15) is 16.1 Å². The summed E-state index contributed by atoms with van der Waals surface area (Å²) in [5, 5.41) is 12.0. The van der Waals surface area contributed by atoms with Gasteiger partial charge in [-0.25, -0.2) is 4.98 Å². The topological polar surface area (TPSA) is 82.7 Å². The highest BCUT2D eigenvalue weighted by Crippen LogP contribution is 2.12. The minimum atomic E-state index is -0.187. The summed E-state index contributed by atoms with van der Waals surface area (Å²) in [5.41, 5.74) is 1.98. The van der Waals surface area contributed by atoms with Crippen molar-refractivity contribution in [2.75, 3.05) is 17.7 Å². The number of amides is 1. The number of rotatable bonds is 3. The van der Waals surface area contributed by atoms with E-state index in [-0.39, 0.29) is 5.91 Å². The van der Waals surface area contributed by atoms with E-state index in [1.165, 1.54) is 0 Å². The Morgan fingerprint density at radius 3 is 2.88 bits per heavy atom. The van der Waals surface area contributed by atoms with E-state index in [4.69, 9.17) is 0 Å². The molecule has 3 N–H and O–H groups in total. The van der Waals surface area contributed by atoms with Crippen LogP contribution in [0.3, 0.4) is 0 Å². The van der Waals surface area contributed by atoms with Crippen molar-refractivity contribution in [3.63, 3.8) is 0 Å². The first-order chi connectivity index (χ1) is 8.19. The van der Waals surface area contributed by atoms with Crippen molar-refractivity contribution in [3.8, 4) is 0 Å². The fourth-order valence-corrected chi connectivity index (χ4v) is 1.45. The van der Waals surface area contributed by atoms with Gasteiger partial charge in [0.25, 0.3) is 5.91 Å². The van der Waals surface area contributed by atoms with E-state index >= 15 is 0 Å². The lowest BCUT2D eigenvalue weighted by Gasteiger charge is -2.06. The predicted octanol–water partition coefficient (Wildman–Crippen LogP) is 1.41. The zero-order chi connectivity index (χ0) is 12.3. The highest BCUT2D eigenvalue weighted by atomic mass is 16.1. The fourth-order valence-electron chi connectivity index (χ4n) is 1.45. The average Bonchev–Trinajstić information content (AvgIpc) is 2.81. The molecule has 6 heteroatoms. The van der Waals surface area contributed by atoms with Crippen LogP contribution < -0.4 is 10.6 Å². The second-order valence-corrected chi connectivity index (χ2v) is 3.57. The standard InChI is InChI=1S/C11H13N5O/c1-7-3-8(4-10(12-2)15-7)11(17)16-9-5-13-14-6-9/h3-6H,1-2H3,(H,12,15)(H,13,14)(H,16,17). The summed E-state index contributed by atoms with van der Waals surface area (Å²) < 4.78 is 0. The Bertz CT molecular complexity index is 521. The first-order valence-corrected chi connectivity index (χ1v) is 5.15. The van der Waals surface area contributed by atoms with Crippen LogP contribution in [-0.4, -0.2) is 28.1 Å². The molecular weight excluding hydrogens is 218 g/mol. The number of pyridine rings is 1. The second kappa shape index (κ2) is 4.65. The van der Waals surface area contributed by atoms with E-state index in [9.17, 15) is 4.79 Å². The number of H-pyrrole nitrogens is 1. The Labute approximate surface area is 98.5 Å². The van der Waals surface area contributed by atoms with Gasteiger partial charge in [-0.1, -0.05) is 0 Å². The maximum Gasteiger partial charge on any atom is 0.255 e. The maximum atomic E-state index is 11.9. The molecule has 2 heterocycles. The number of aryl methyl sites for hydroxylation is 1. The normalized spacial score (nSPS) is 10.0. The molecule has 6 nitrogen and oxygen atoms in total. The van der Waals surface area contributed by atoms with E-state index in [1.807, 2.05) is 6.92 Å². The molecule has 0 unspecified atom stereocenters. The summed E-state index contributed by atoms with van der Waals surface area (Å²) in [6.07, 6.45) is 3.16. The average molecular weight is 231 g/mol. The van der Waals surface area contributed by atoms with Gasteiger partial charge in [-0.3, -0.25) is 9.89 Å². The van der Waals surface area contributed by atoms with Gasteiger partial charge in [0.2, 0.25) is 0 Å². The SMILES string of the molecule is CNc1cc(C(=O)Nc2cn[nH]c2)cc(C)n1. The van der Waals surface area contributed by atoms with Crippen molar-refractivity contribution in [1.82, 2.24) is 15.2 Å². The molecule has 0 aliphatic carbocycles. The molecule has 17 heavy (non-hydrogen) atoms. The molecule has 0 saturated heterocycles. The van der Waals surface area contributed by atoms with E-state index in [0.717, 1.165) is 5.69 Å². The predicted molar refractivity (Wildman–Crippen MR) is 65.1 cm³/mol. The molecule has 0 aromatic carbocycles. The van der Waals surface area contributed by atoms with E-state index < -0.39 is 0 Å². The monoisotopic (exact) mass is 231 g/mol. The zero-order valence-electron chi connectivity index (χ0n) is 9.61. The van der Waals surface area contributed by atoms with Crippen LogP contribution in [0.15, 0.2) is 24.5 Å². The summed E-state index contributed by atoms with van der Waals surface area (Å²) >= 11 is 0. The Morgan fingerprint density at radius 2 is 2.24 bits per heavy atom. The molecule has 0 saturated carbocycles. The Balaban J connectivity index is 2.21. The largest absolute Gasteiger partial charge is 0.373 e. The number of carbonyl (C=O) groups excluding carboxylic acids is 1. The lowest BCUT2D eigenvalue weighted by molar-refractivity contribution is 0.102. The number of hydrogen-bond donors (Lipinski definition) is 3. The molecule has 0 fully saturated rings. The first kappa shape index (κ1) is 11.1. The lowest BCUT2D eigenvalue weighted by atomic mass is 10.2. The van der Waals surface area contributed by atoms with Crippen molar-refractivity contribution >= 4 is 17.4 Å². The molecule has 0 atom stereocenters. The van der Waals surface area contributed by atoms with Crippen LogP contribution in [0.5, 0.6) is 0 Å². The zero-order valence-corrected chi connectivity index (χ0v) is 9.61. The summed E-state index contributed by atoms with van der Waals surface area (Å²) in [6, 6.07) is 3.43. The number of nitrogens with zero attached hydrogens (tertiary/aromatic N) is 2. The number of aromatic nitrogens is 3. The molecule has 2 rings (SSSR count). The van der Waals surface area contributed by atoms with Crippen molar-refractivity contribution in [1.29, 1.82) is 0 Å². The first-order valence-electron chi connectivity index (χ1n) is 5.15. The van der Waals surface area contributed by atoms with Crippen molar-refractivity contribution in [2.24, 2.45) is 0 Å². The molecule has 0 aliphatic heterocycles. The van der Waals surface area contributed by atoms with E-state index in [0.29, 0.717) is 17.1 Å². The molecule has 1 amide bonds. The van der Waals surface area contributed by atoms with Crippen LogP contribution in [0, 0.1) is 6.92 Å². The molecule has 2 aromatic rings. The lowest BCUT2D eigenvalue weighted by Crippen LogP contribution is -2.12. The van der Waals surface area contributed by atoms with Gasteiger partial charge in [0.05, 0.1) is 11.9 Å². The third kappa shape index (κ3) is 2.60. The van der Waals surface area contributed by atoms with E-state index in [2.05, 4.69) is 25.8 Å². The third-order valence-corrected chi connectivity index (χ3v) is 2.23. The Kier molecular flexibility index (Phi) is 3.04. The fraction of sp³-hybridized carbons (Fsp3) is 0.182. The minimum Gasteiger partial charge on any atom is -0.373 e. The van der Waals surface area contributed by atoms with Gasteiger partial charge in [-0.05, 0) is 19.1 Å². The molecule has 0 bridgehead atoms. The number of hydrogen-bond acceptors (Lipinski definition) is 4. The molecular formula is C11H13N5O. The van der Waals surface area contributed by atoms with Crippen LogP contribution in [0.2, 0.25) is 0 Å². The molecule has 2 aromatic heterocycles. The number of anilines is 2. The van der Waals surface area contributed by atoms with Crippen molar-refractivity contribution in [3.05, 3.63) is 35.8 Å². The highest BCUT2D eigenvalue weighted by Gasteiger charge is 2.08. The van der Waals surface area contributed by atoms with Gasteiger partial charge in [-0.2, -0.15) is 5.10 Å². The van der Waals surface area contributed by atoms with Crippen molar-refractivity contribution < 1.29 is 4.79 Å². The number of aromatic amines is 1. The summed E-state index contributed by atoms with van der Waals surface area (Å²) in [7, 11) is 1.76. The van der Waals surface area contributed by atoms with Crippen LogP contribution in [-0.2, 0) is 0 Å². The quantitative estimate of drug-likeness (QED) is 0.745. The maximum absolute atomic E-state index is 11.9. The number of nitrogens with one attached hydrogen (secondary N) is 3. The van der Waals surface area contributed by atoms with Gasteiger partial charge in [-0.15, -0.1) is 0 Å². The van der Waals surface area contributed by atoms with Gasteiger partial charge in [0, 0.05) is 24.5 Å². The van der Waals surface area contributed by atoms with Crippen LogP contribution >= 0.6 is 0 Å². The smallest absolute Gasteiger partial charge is 0.255 e. The Morgan fingerprint density at radius 1 is 1.41 bits per heavy atom. The van der Waals surface area contributed by atoms with Gasteiger partial charge in [0.15, 0.2) is 0 Å². The second-order valence-electron chi connectivity index (χ2n) is 3.57.